The molecule has 0 fully saturated rings. The van der Waals surface area contributed by atoms with E-state index < -0.39 is 5.54 Å². The van der Waals surface area contributed by atoms with E-state index in [-0.39, 0.29) is 11.2 Å². The summed E-state index contributed by atoms with van der Waals surface area (Å²) >= 11 is 1.57. The number of thioether (sulfide) groups is 1. The zero-order valence-electron chi connectivity index (χ0n) is 13.5. The number of aryl methyl sites for hydroxylation is 1. The molecule has 0 spiro atoms. The standard InChI is InChI=1S/C15H25N3O2S/c1-6-7-18-15(4,13(19)20-5)8-12(3)21-14-16-9-11(2)10-17-14/h9-10,12,18H,6-8H2,1-5H3. The second-order valence-electron chi connectivity index (χ2n) is 5.43. The third kappa shape index (κ3) is 5.63. The monoisotopic (exact) mass is 311 g/mol. The zero-order chi connectivity index (χ0) is 15.9. The molecule has 1 rings (SSSR count). The maximum atomic E-state index is 12.0. The smallest absolute Gasteiger partial charge is 0.325 e. The molecule has 1 N–H and O–H groups in total. The molecule has 6 heteroatoms. The van der Waals surface area contributed by atoms with Crippen LogP contribution in [0, 0.1) is 6.92 Å². The molecule has 0 aliphatic heterocycles. The first kappa shape index (κ1) is 17.9. The van der Waals surface area contributed by atoms with E-state index in [1.807, 2.05) is 13.8 Å². The average Bonchev–Trinajstić information content (AvgIpc) is 2.46. The fourth-order valence-corrected chi connectivity index (χ4v) is 3.10. The Morgan fingerprint density at radius 3 is 2.62 bits per heavy atom. The van der Waals surface area contributed by atoms with Gasteiger partial charge < -0.3 is 10.1 Å². The van der Waals surface area contributed by atoms with Crippen LogP contribution in [-0.2, 0) is 9.53 Å². The van der Waals surface area contributed by atoms with Crippen LogP contribution in [0.2, 0.25) is 0 Å². The molecule has 0 saturated heterocycles. The highest BCUT2D eigenvalue weighted by molar-refractivity contribution is 7.99. The highest BCUT2D eigenvalue weighted by Gasteiger charge is 2.35. The summed E-state index contributed by atoms with van der Waals surface area (Å²) in [5, 5.41) is 4.22. The van der Waals surface area contributed by atoms with Gasteiger partial charge in [-0.05, 0) is 38.8 Å². The Morgan fingerprint density at radius 2 is 2.10 bits per heavy atom. The Kier molecular flexibility index (Phi) is 7.11. The lowest BCUT2D eigenvalue weighted by Gasteiger charge is -2.30. The van der Waals surface area contributed by atoms with Gasteiger partial charge in [-0.15, -0.1) is 0 Å². The van der Waals surface area contributed by atoms with Crippen LogP contribution in [-0.4, -0.2) is 40.4 Å². The lowest BCUT2D eigenvalue weighted by molar-refractivity contribution is -0.148. The van der Waals surface area contributed by atoms with Crippen LogP contribution in [0.25, 0.3) is 0 Å². The second kappa shape index (κ2) is 8.34. The molecule has 0 saturated carbocycles. The minimum absolute atomic E-state index is 0.196. The van der Waals surface area contributed by atoms with Crippen LogP contribution in [0.4, 0.5) is 0 Å². The average molecular weight is 311 g/mol. The van der Waals surface area contributed by atoms with Crippen LogP contribution in [0.1, 0.15) is 39.2 Å². The molecule has 1 aromatic heterocycles. The maximum Gasteiger partial charge on any atom is 0.325 e. The molecule has 5 nitrogen and oxygen atoms in total. The molecule has 1 aromatic rings. The number of carbonyl (C=O) groups is 1. The van der Waals surface area contributed by atoms with Crippen molar-refractivity contribution in [2.24, 2.45) is 0 Å². The Bertz CT molecular complexity index is 453. The lowest BCUT2D eigenvalue weighted by atomic mass is 9.96. The van der Waals surface area contributed by atoms with Crippen molar-refractivity contribution in [1.82, 2.24) is 15.3 Å². The molecule has 0 aliphatic carbocycles. The first-order valence-corrected chi connectivity index (χ1v) is 8.08. The van der Waals surface area contributed by atoms with E-state index in [2.05, 4.69) is 29.1 Å². The summed E-state index contributed by atoms with van der Waals surface area (Å²) in [6.45, 7) is 8.78. The van der Waals surface area contributed by atoms with Gasteiger partial charge in [0.2, 0.25) is 0 Å². The van der Waals surface area contributed by atoms with E-state index in [0.29, 0.717) is 6.42 Å². The predicted octanol–water partition coefficient (Wildman–Crippen LogP) is 2.59. The Labute approximate surface area is 131 Å². The van der Waals surface area contributed by atoms with Crippen molar-refractivity contribution in [2.75, 3.05) is 13.7 Å². The maximum absolute atomic E-state index is 12.0. The number of esters is 1. The van der Waals surface area contributed by atoms with E-state index in [4.69, 9.17) is 4.74 Å². The van der Waals surface area contributed by atoms with E-state index in [1.54, 1.807) is 24.2 Å². The van der Waals surface area contributed by atoms with Crippen molar-refractivity contribution >= 4 is 17.7 Å². The van der Waals surface area contributed by atoms with Crippen LogP contribution in [0.3, 0.4) is 0 Å². The predicted molar refractivity (Wildman–Crippen MR) is 85.4 cm³/mol. The summed E-state index contributed by atoms with van der Waals surface area (Å²) in [5.41, 5.74) is 0.359. The van der Waals surface area contributed by atoms with Crippen molar-refractivity contribution in [3.05, 3.63) is 18.0 Å². The molecule has 0 amide bonds. The second-order valence-corrected chi connectivity index (χ2v) is 6.83. The first-order valence-electron chi connectivity index (χ1n) is 7.20. The quantitative estimate of drug-likeness (QED) is 0.452. The number of hydrogen-bond donors (Lipinski definition) is 1. The van der Waals surface area contributed by atoms with Gasteiger partial charge >= 0.3 is 5.97 Å². The molecule has 2 unspecified atom stereocenters. The van der Waals surface area contributed by atoms with E-state index >= 15 is 0 Å². The molecule has 0 radical (unpaired) electrons. The topological polar surface area (TPSA) is 64.1 Å². The van der Waals surface area contributed by atoms with Gasteiger partial charge in [-0.2, -0.15) is 0 Å². The number of ether oxygens (including phenoxy) is 1. The fraction of sp³-hybridized carbons (Fsp3) is 0.667. The molecule has 0 aromatic carbocycles. The van der Waals surface area contributed by atoms with Crippen molar-refractivity contribution < 1.29 is 9.53 Å². The van der Waals surface area contributed by atoms with Gasteiger partial charge in [0.1, 0.15) is 5.54 Å². The summed E-state index contributed by atoms with van der Waals surface area (Å²) < 4.78 is 4.94. The Balaban J connectivity index is 2.68. The SMILES string of the molecule is CCCNC(C)(CC(C)Sc1ncc(C)cn1)C(=O)OC. The van der Waals surface area contributed by atoms with Crippen molar-refractivity contribution in [3.63, 3.8) is 0 Å². The first-order chi connectivity index (χ1) is 9.91. The van der Waals surface area contributed by atoms with E-state index in [0.717, 1.165) is 23.7 Å². The van der Waals surface area contributed by atoms with Crippen LogP contribution in [0.15, 0.2) is 17.6 Å². The fourth-order valence-electron chi connectivity index (χ4n) is 2.09. The van der Waals surface area contributed by atoms with Gasteiger partial charge in [-0.3, -0.25) is 4.79 Å². The third-order valence-corrected chi connectivity index (χ3v) is 4.15. The van der Waals surface area contributed by atoms with E-state index in [9.17, 15) is 4.79 Å². The highest BCUT2D eigenvalue weighted by Crippen LogP contribution is 2.27. The molecule has 2 atom stereocenters. The number of rotatable bonds is 8. The zero-order valence-corrected chi connectivity index (χ0v) is 14.3. The van der Waals surface area contributed by atoms with E-state index in [1.165, 1.54) is 7.11 Å². The largest absolute Gasteiger partial charge is 0.468 e. The van der Waals surface area contributed by atoms with Crippen molar-refractivity contribution in [3.8, 4) is 0 Å². The lowest BCUT2D eigenvalue weighted by Crippen LogP contribution is -2.51. The molecular weight excluding hydrogens is 286 g/mol. The molecule has 0 bridgehead atoms. The summed E-state index contributed by atoms with van der Waals surface area (Å²) in [5.74, 6) is -0.228. The van der Waals surface area contributed by atoms with Gasteiger partial charge in [0.05, 0.1) is 7.11 Å². The molecule has 1 heterocycles. The van der Waals surface area contributed by atoms with Crippen LogP contribution in [0.5, 0.6) is 0 Å². The van der Waals surface area contributed by atoms with Crippen LogP contribution >= 0.6 is 11.8 Å². The number of hydrogen-bond acceptors (Lipinski definition) is 6. The summed E-state index contributed by atoms with van der Waals surface area (Å²) in [6.07, 6.45) is 5.23. The number of nitrogens with one attached hydrogen (secondary N) is 1. The van der Waals surface area contributed by atoms with Crippen molar-refractivity contribution in [1.29, 1.82) is 0 Å². The normalized spacial score (nSPS) is 15.3. The van der Waals surface area contributed by atoms with Gasteiger partial charge in [-0.1, -0.05) is 25.6 Å². The molecule has 0 aliphatic rings. The Morgan fingerprint density at radius 1 is 1.48 bits per heavy atom. The molecular formula is C15H25N3O2S. The minimum Gasteiger partial charge on any atom is -0.468 e. The van der Waals surface area contributed by atoms with Gasteiger partial charge in [0.15, 0.2) is 5.16 Å². The van der Waals surface area contributed by atoms with Gasteiger partial charge in [-0.25, -0.2) is 9.97 Å². The molecule has 118 valence electrons. The minimum atomic E-state index is -0.679. The Hall–Kier alpha value is -1.14. The highest BCUT2D eigenvalue weighted by atomic mass is 32.2. The summed E-state index contributed by atoms with van der Waals surface area (Å²) in [7, 11) is 1.43. The number of nitrogens with zero attached hydrogens (tertiary/aromatic N) is 2. The van der Waals surface area contributed by atoms with Gasteiger partial charge in [0, 0.05) is 17.6 Å². The van der Waals surface area contributed by atoms with Crippen molar-refractivity contribution in [2.45, 2.75) is 56.5 Å². The number of carbonyl (C=O) groups excluding carboxylic acids is 1. The summed E-state index contributed by atoms with van der Waals surface area (Å²) in [6, 6.07) is 0. The number of aromatic nitrogens is 2. The van der Waals surface area contributed by atoms with Crippen LogP contribution < -0.4 is 5.32 Å². The third-order valence-electron chi connectivity index (χ3n) is 3.16. The van der Waals surface area contributed by atoms with Gasteiger partial charge in [0.25, 0.3) is 0 Å². The summed E-state index contributed by atoms with van der Waals surface area (Å²) in [4.78, 5) is 20.6. The number of methoxy groups -OCH3 is 1. The molecule has 21 heavy (non-hydrogen) atoms.